The van der Waals surface area contributed by atoms with E-state index in [1.54, 1.807) is 30.5 Å². The number of anilines is 2. The van der Waals surface area contributed by atoms with Crippen molar-refractivity contribution in [1.29, 1.82) is 0 Å². The maximum absolute atomic E-state index is 11.1. The molecule has 2 rings (SSSR count). The van der Waals surface area contributed by atoms with Gasteiger partial charge in [0.25, 0.3) is 0 Å². The molecule has 0 unspecified atom stereocenters. The van der Waals surface area contributed by atoms with Crippen LogP contribution in [0.3, 0.4) is 0 Å². The van der Waals surface area contributed by atoms with Crippen LogP contribution in [0.25, 0.3) is 0 Å². The Labute approximate surface area is 121 Å². The first-order valence-corrected chi connectivity index (χ1v) is 7.47. The van der Waals surface area contributed by atoms with Gasteiger partial charge < -0.3 is 11.1 Å². The quantitative estimate of drug-likeness (QED) is 0.730. The summed E-state index contributed by atoms with van der Waals surface area (Å²) >= 11 is 4.81. The molecule has 1 aromatic carbocycles. The van der Waals surface area contributed by atoms with E-state index in [1.807, 2.05) is 0 Å². The van der Waals surface area contributed by atoms with Crippen LogP contribution >= 0.6 is 12.2 Å². The van der Waals surface area contributed by atoms with E-state index in [0.717, 1.165) is 5.69 Å². The van der Waals surface area contributed by atoms with Gasteiger partial charge in [0, 0.05) is 5.69 Å². The molecule has 2 aromatic rings. The Hall–Kier alpha value is -2.03. The third kappa shape index (κ3) is 3.50. The zero-order chi connectivity index (χ0) is 14.8. The maximum atomic E-state index is 11.1. The number of thiocarbonyl (C=S) groups is 1. The predicted molar refractivity (Wildman–Crippen MR) is 81.2 cm³/mol. The zero-order valence-corrected chi connectivity index (χ0v) is 11.9. The average Bonchev–Trinajstić information content (AvgIpc) is 2.39. The smallest absolute Gasteiger partial charge is 0.238 e. The van der Waals surface area contributed by atoms with Crippen LogP contribution in [-0.4, -0.2) is 18.4 Å². The molecule has 0 atom stereocenters. The number of nitrogens with one attached hydrogen (secondary N) is 1. The van der Waals surface area contributed by atoms with Gasteiger partial charge in [-0.3, -0.25) is 4.98 Å². The SMILES string of the molecule is NC(=S)c1ccc(Nc2ccc(S(N)(=O)=O)cc2)cn1. The van der Waals surface area contributed by atoms with Gasteiger partial charge in [-0.15, -0.1) is 0 Å². The number of rotatable bonds is 4. The molecule has 0 bridgehead atoms. The molecular weight excluding hydrogens is 296 g/mol. The molecule has 0 aliphatic rings. The van der Waals surface area contributed by atoms with E-state index >= 15 is 0 Å². The summed E-state index contributed by atoms with van der Waals surface area (Å²) in [5.74, 6) is 0. The molecule has 20 heavy (non-hydrogen) atoms. The highest BCUT2D eigenvalue weighted by molar-refractivity contribution is 7.89. The van der Waals surface area contributed by atoms with Gasteiger partial charge in [-0.2, -0.15) is 0 Å². The number of primary sulfonamides is 1. The fourth-order valence-electron chi connectivity index (χ4n) is 1.51. The molecule has 1 aromatic heterocycles. The second-order valence-corrected chi connectivity index (χ2v) is 5.99. The Morgan fingerprint density at radius 2 is 1.70 bits per heavy atom. The van der Waals surface area contributed by atoms with E-state index in [4.69, 9.17) is 23.1 Å². The fraction of sp³-hybridized carbons (Fsp3) is 0. The summed E-state index contributed by atoms with van der Waals surface area (Å²) in [5, 5.41) is 8.09. The standard InChI is InChI=1S/C12H12N4O2S2/c13-12(19)11-6-3-9(7-15-11)16-8-1-4-10(5-2-8)20(14,17)18/h1-7,16H,(H2,13,19)(H2,14,17,18). The van der Waals surface area contributed by atoms with Crippen LogP contribution < -0.4 is 16.2 Å². The van der Waals surface area contributed by atoms with E-state index in [-0.39, 0.29) is 9.88 Å². The first-order chi connectivity index (χ1) is 9.36. The van der Waals surface area contributed by atoms with Crippen LogP contribution in [0.15, 0.2) is 47.5 Å². The molecule has 104 valence electrons. The molecular formula is C12H12N4O2S2. The second-order valence-electron chi connectivity index (χ2n) is 3.99. The van der Waals surface area contributed by atoms with Crippen molar-refractivity contribution in [3.8, 4) is 0 Å². The van der Waals surface area contributed by atoms with E-state index in [0.29, 0.717) is 11.4 Å². The normalized spacial score (nSPS) is 11.1. The number of pyridine rings is 1. The monoisotopic (exact) mass is 308 g/mol. The Bertz CT molecular complexity index is 725. The topological polar surface area (TPSA) is 111 Å². The Morgan fingerprint density at radius 3 is 2.15 bits per heavy atom. The number of nitrogens with two attached hydrogens (primary N) is 2. The van der Waals surface area contributed by atoms with Gasteiger partial charge in [-0.25, -0.2) is 13.6 Å². The molecule has 6 nitrogen and oxygen atoms in total. The van der Waals surface area contributed by atoms with Gasteiger partial charge in [0.05, 0.1) is 22.5 Å². The van der Waals surface area contributed by atoms with Crippen molar-refractivity contribution in [2.75, 3.05) is 5.32 Å². The summed E-state index contributed by atoms with van der Waals surface area (Å²) in [5.41, 5.74) is 7.43. The summed E-state index contributed by atoms with van der Waals surface area (Å²) in [6.45, 7) is 0. The van der Waals surface area contributed by atoms with Crippen LogP contribution in [0.2, 0.25) is 0 Å². The van der Waals surface area contributed by atoms with Crippen LogP contribution in [0.4, 0.5) is 11.4 Å². The number of hydrogen-bond donors (Lipinski definition) is 3. The highest BCUT2D eigenvalue weighted by atomic mass is 32.2. The van der Waals surface area contributed by atoms with E-state index in [1.165, 1.54) is 12.1 Å². The lowest BCUT2D eigenvalue weighted by Gasteiger charge is -2.07. The van der Waals surface area contributed by atoms with Crippen molar-refractivity contribution in [1.82, 2.24) is 4.98 Å². The molecule has 0 spiro atoms. The Balaban J connectivity index is 2.16. The van der Waals surface area contributed by atoms with Crippen LogP contribution in [-0.2, 0) is 10.0 Å². The third-order valence-electron chi connectivity index (χ3n) is 2.49. The number of aromatic nitrogens is 1. The summed E-state index contributed by atoms with van der Waals surface area (Å²) in [6, 6.07) is 9.55. The molecule has 5 N–H and O–H groups in total. The molecule has 0 saturated heterocycles. The minimum atomic E-state index is -3.68. The lowest BCUT2D eigenvalue weighted by Crippen LogP contribution is -2.12. The molecule has 8 heteroatoms. The Morgan fingerprint density at radius 1 is 1.10 bits per heavy atom. The molecule has 0 aliphatic carbocycles. The highest BCUT2D eigenvalue weighted by Crippen LogP contribution is 2.18. The van der Waals surface area contributed by atoms with Crippen molar-refractivity contribution in [2.24, 2.45) is 10.9 Å². The van der Waals surface area contributed by atoms with E-state index in [2.05, 4.69) is 10.3 Å². The zero-order valence-electron chi connectivity index (χ0n) is 10.3. The minimum absolute atomic E-state index is 0.0602. The fourth-order valence-corrected chi connectivity index (χ4v) is 2.14. The average molecular weight is 308 g/mol. The first-order valence-electron chi connectivity index (χ1n) is 5.52. The lowest BCUT2D eigenvalue weighted by atomic mass is 10.3. The van der Waals surface area contributed by atoms with Crippen molar-refractivity contribution in [3.63, 3.8) is 0 Å². The minimum Gasteiger partial charge on any atom is -0.388 e. The molecule has 0 fully saturated rings. The molecule has 0 aliphatic heterocycles. The summed E-state index contributed by atoms with van der Waals surface area (Å²) < 4.78 is 22.3. The van der Waals surface area contributed by atoms with E-state index in [9.17, 15) is 8.42 Å². The van der Waals surface area contributed by atoms with Crippen molar-refractivity contribution in [3.05, 3.63) is 48.3 Å². The molecule has 0 saturated carbocycles. The Kier molecular flexibility index (Phi) is 3.98. The summed E-state index contributed by atoms with van der Waals surface area (Å²) in [7, 11) is -3.68. The van der Waals surface area contributed by atoms with Crippen molar-refractivity contribution >= 4 is 38.6 Å². The van der Waals surface area contributed by atoms with Crippen molar-refractivity contribution in [2.45, 2.75) is 4.90 Å². The van der Waals surface area contributed by atoms with Crippen molar-refractivity contribution < 1.29 is 8.42 Å². The first kappa shape index (κ1) is 14.4. The number of hydrogen-bond acceptors (Lipinski definition) is 5. The third-order valence-corrected chi connectivity index (χ3v) is 3.63. The predicted octanol–water partition coefficient (Wildman–Crippen LogP) is 1.11. The molecule has 0 radical (unpaired) electrons. The summed E-state index contributed by atoms with van der Waals surface area (Å²) in [6.07, 6.45) is 1.59. The van der Waals surface area contributed by atoms with E-state index < -0.39 is 10.0 Å². The molecule has 0 amide bonds. The number of sulfonamides is 1. The van der Waals surface area contributed by atoms with Gasteiger partial charge in [0.15, 0.2) is 0 Å². The maximum Gasteiger partial charge on any atom is 0.238 e. The number of benzene rings is 1. The number of nitrogens with zero attached hydrogens (tertiary/aromatic N) is 1. The van der Waals surface area contributed by atoms with Gasteiger partial charge in [-0.05, 0) is 36.4 Å². The lowest BCUT2D eigenvalue weighted by molar-refractivity contribution is 0.598. The largest absolute Gasteiger partial charge is 0.388 e. The highest BCUT2D eigenvalue weighted by Gasteiger charge is 2.06. The molecule has 1 heterocycles. The van der Waals surface area contributed by atoms with Gasteiger partial charge in [-0.1, -0.05) is 12.2 Å². The van der Waals surface area contributed by atoms with Crippen LogP contribution in [0.1, 0.15) is 5.69 Å². The summed E-state index contributed by atoms with van der Waals surface area (Å²) in [4.78, 5) is 4.38. The van der Waals surface area contributed by atoms with Gasteiger partial charge in [0.1, 0.15) is 4.99 Å². The van der Waals surface area contributed by atoms with Crippen LogP contribution in [0, 0.1) is 0 Å². The van der Waals surface area contributed by atoms with Crippen LogP contribution in [0.5, 0.6) is 0 Å². The van der Waals surface area contributed by atoms with Gasteiger partial charge >= 0.3 is 0 Å². The second kappa shape index (κ2) is 5.53. The van der Waals surface area contributed by atoms with Gasteiger partial charge in [0.2, 0.25) is 10.0 Å².